The first-order chi connectivity index (χ1) is 14.3. The van der Waals surface area contributed by atoms with Gasteiger partial charge in [-0.15, -0.1) is 0 Å². The van der Waals surface area contributed by atoms with Gasteiger partial charge in [-0.3, -0.25) is 0 Å². The van der Waals surface area contributed by atoms with E-state index in [0.29, 0.717) is 21.6 Å². The number of nitrogens with one attached hydrogen (secondary N) is 1. The molecule has 3 rings (SSSR count). The van der Waals surface area contributed by atoms with E-state index in [-0.39, 0.29) is 30.2 Å². The molecule has 1 aromatic heterocycles. The summed E-state index contributed by atoms with van der Waals surface area (Å²) in [6, 6.07) is 13.5. The molecule has 0 atom stereocenters. The second kappa shape index (κ2) is 9.99. The lowest BCUT2D eigenvalue weighted by Gasteiger charge is -2.09. The van der Waals surface area contributed by atoms with Gasteiger partial charge in [0.05, 0.1) is 28.3 Å². The van der Waals surface area contributed by atoms with Gasteiger partial charge in [0.15, 0.2) is 0 Å². The maximum Gasteiger partial charge on any atom is 0.338 e. The van der Waals surface area contributed by atoms with E-state index >= 15 is 0 Å². The lowest BCUT2D eigenvalue weighted by molar-refractivity contribution is 0.0450. The molecule has 0 unspecified atom stereocenters. The summed E-state index contributed by atoms with van der Waals surface area (Å²) in [6.45, 7) is 0.107. The molecule has 0 spiro atoms. The van der Waals surface area contributed by atoms with Crippen LogP contribution in [0.2, 0.25) is 10.0 Å². The van der Waals surface area contributed by atoms with Crippen molar-refractivity contribution >= 4 is 39.2 Å². The Morgan fingerprint density at radius 1 is 1.03 bits per heavy atom. The van der Waals surface area contributed by atoms with Crippen LogP contribution in [0.4, 0.5) is 0 Å². The fraction of sp³-hybridized carbons (Fsp3) is 0.150. The summed E-state index contributed by atoms with van der Waals surface area (Å²) in [5.41, 5.74) is 0.213. The number of esters is 1. The first kappa shape index (κ1) is 22.2. The SMILES string of the molecule is O=C(OCCOc1ccc(Cl)cc1Cl)c1ccc(S(=O)(=O)NCc2ccco2)cc1. The summed E-state index contributed by atoms with van der Waals surface area (Å²) in [4.78, 5) is 12.1. The minimum Gasteiger partial charge on any atom is -0.488 e. The molecule has 0 aliphatic rings. The highest BCUT2D eigenvalue weighted by molar-refractivity contribution is 7.89. The summed E-state index contributed by atoms with van der Waals surface area (Å²) < 4.78 is 42.7. The summed E-state index contributed by atoms with van der Waals surface area (Å²) in [7, 11) is -3.74. The molecular weight excluding hydrogens is 453 g/mol. The number of halogens is 2. The molecule has 30 heavy (non-hydrogen) atoms. The Hall–Kier alpha value is -2.52. The molecule has 158 valence electrons. The van der Waals surface area contributed by atoms with Crippen molar-refractivity contribution in [2.24, 2.45) is 0 Å². The third-order valence-corrected chi connectivity index (χ3v) is 5.83. The summed E-state index contributed by atoms with van der Waals surface area (Å²) in [6.07, 6.45) is 1.46. The number of sulfonamides is 1. The number of furan rings is 1. The van der Waals surface area contributed by atoms with Crippen LogP contribution in [0.1, 0.15) is 16.1 Å². The summed E-state index contributed by atoms with van der Waals surface area (Å²) in [5, 5.41) is 0.840. The molecule has 10 heteroatoms. The lowest BCUT2D eigenvalue weighted by Crippen LogP contribution is -2.23. The van der Waals surface area contributed by atoms with Crippen LogP contribution in [0, 0.1) is 0 Å². The highest BCUT2D eigenvalue weighted by Crippen LogP contribution is 2.27. The number of hydrogen-bond acceptors (Lipinski definition) is 6. The van der Waals surface area contributed by atoms with E-state index in [1.165, 1.54) is 30.5 Å². The van der Waals surface area contributed by atoms with E-state index in [0.717, 1.165) is 0 Å². The molecule has 1 N–H and O–H groups in total. The van der Waals surface area contributed by atoms with Crippen LogP contribution in [0.15, 0.2) is 70.2 Å². The Labute approximate surface area is 183 Å². The number of hydrogen-bond donors (Lipinski definition) is 1. The third-order valence-electron chi connectivity index (χ3n) is 3.88. The average molecular weight is 470 g/mol. The van der Waals surface area contributed by atoms with Crippen molar-refractivity contribution in [3.05, 3.63) is 82.2 Å². The van der Waals surface area contributed by atoms with Crippen LogP contribution in [0.3, 0.4) is 0 Å². The van der Waals surface area contributed by atoms with Crippen LogP contribution in [-0.4, -0.2) is 27.6 Å². The van der Waals surface area contributed by atoms with E-state index < -0.39 is 16.0 Å². The molecule has 7 nitrogen and oxygen atoms in total. The first-order valence-electron chi connectivity index (χ1n) is 8.72. The minimum absolute atomic E-state index is 0.0114. The van der Waals surface area contributed by atoms with Gasteiger partial charge in [0.25, 0.3) is 0 Å². The van der Waals surface area contributed by atoms with Gasteiger partial charge in [0.2, 0.25) is 10.0 Å². The van der Waals surface area contributed by atoms with Crippen molar-refractivity contribution in [3.8, 4) is 5.75 Å². The fourth-order valence-electron chi connectivity index (χ4n) is 2.39. The van der Waals surface area contributed by atoms with E-state index in [9.17, 15) is 13.2 Å². The number of ether oxygens (including phenoxy) is 2. The Bertz CT molecular complexity index is 1100. The van der Waals surface area contributed by atoms with Gasteiger partial charge >= 0.3 is 5.97 Å². The average Bonchev–Trinajstić information content (AvgIpc) is 3.25. The van der Waals surface area contributed by atoms with Gasteiger partial charge in [-0.25, -0.2) is 17.9 Å². The Morgan fingerprint density at radius 3 is 2.47 bits per heavy atom. The predicted molar refractivity (Wildman–Crippen MR) is 111 cm³/mol. The molecule has 2 aromatic carbocycles. The van der Waals surface area contributed by atoms with Gasteiger partial charge in [0.1, 0.15) is 24.7 Å². The Morgan fingerprint density at radius 2 is 1.80 bits per heavy atom. The molecule has 1 heterocycles. The Kier molecular flexibility index (Phi) is 7.38. The largest absolute Gasteiger partial charge is 0.488 e. The molecule has 0 bridgehead atoms. The minimum atomic E-state index is -3.74. The molecule has 0 radical (unpaired) electrons. The summed E-state index contributed by atoms with van der Waals surface area (Å²) >= 11 is 11.8. The van der Waals surface area contributed by atoms with Gasteiger partial charge in [-0.1, -0.05) is 23.2 Å². The molecule has 3 aromatic rings. The van der Waals surface area contributed by atoms with Crippen molar-refractivity contribution in [3.63, 3.8) is 0 Å². The molecule has 0 saturated carbocycles. The van der Waals surface area contributed by atoms with E-state index in [1.807, 2.05) is 0 Å². The van der Waals surface area contributed by atoms with Crippen molar-refractivity contribution in [1.29, 1.82) is 0 Å². The monoisotopic (exact) mass is 469 g/mol. The molecule has 0 aliphatic heterocycles. The topological polar surface area (TPSA) is 94.8 Å². The highest BCUT2D eigenvalue weighted by Gasteiger charge is 2.16. The van der Waals surface area contributed by atoms with Crippen LogP contribution >= 0.6 is 23.2 Å². The fourth-order valence-corrected chi connectivity index (χ4v) is 3.85. The zero-order chi connectivity index (χ0) is 21.6. The second-order valence-electron chi connectivity index (χ2n) is 5.99. The van der Waals surface area contributed by atoms with Gasteiger partial charge in [0, 0.05) is 5.02 Å². The van der Waals surface area contributed by atoms with Crippen molar-refractivity contribution in [2.45, 2.75) is 11.4 Å². The Balaban J connectivity index is 1.49. The number of carbonyl (C=O) groups is 1. The van der Waals surface area contributed by atoms with Crippen molar-refractivity contribution in [1.82, 2.24) is 4.72 Å². The molecular formula is C20H17Cl2NO6S. The van der Waals surface area contributed by atoms with Crippen molar-refractivity contribution in [2.75, 3.05) is 13.2 Å². The molecule has 0 amide bonds. The predicted octanol–water partition coefficient (Wildman–Crippen LogP) is 4.30. The standard InChI is InChI=1S/C20H17Cl2NO6S/c21-15-5-8-19(18(22)12-15)28-10-11-29-20(24)14-3-6-17(7-4-14)30(25,26)23-13-16-2-1-9-27-16/h1-9,12,23H,10-11,13H2. The third kappa shape index (κ3) is 5.99. The maximum absolute atomic E-state index is 12.3. The quantitative estimate of drug-likeness (QED) is 0.370. The maximum atomic E-state index is 12.3. The van der Waals surface area contributed by atoms with Gasteiger partial charge < -0.3 is 13.9 Å². The number of benzene rings is 2. The van der Waals surface area contributed by atoms with Crippen LogP contribution in [0.5, 0.6) is 5.75 Å². The van der Waals surface area contributed by atoms with Crippen LogP contribution < -0.4 is 9.46 Å². The molecule has 0 aliphatic carbocycles. The summed E-state index contributed by atoms with van der Waals surface area (Å²) in [5.74, 6) is 0.308. The smallest absolute Gasteiger partial charge is 0.338 e. The van der Waals surface area contributed by atoms with Gasteiger partial charge in [-0.2, -0.15) is 0 Å². The zero-order valence-corrected chi connectivity index (χ0v) is 17.8. The van der Waals surface area contributed by atoms with E-state index in [2.05, 4.69) is 4.72 Å². The van der Waals surface area contributed by atoms with Gasteiger partial charge in [-0.05, 0) is 54.6 Å². The highest BCUT2D eigenvalue weighted by atomic mass is 35.5. The van der Waals surface area contributed by atoms with Crippen LogP contribution in [0.25, 0.3) is 0 Å². The molecule has 0 fully saturated rings. The number of rotatable bonds is 9. The second-order valence-corrected chi connectivity index (χ2v) is 8.60. The van der Waals surface area contributed by atoms with Crippen LogP contribution in [-0.2, 0) is 21.3 Å². The zero-order valence-electron chi connectivity index (χ0n) is 15.5. The molecule has 0 saturated heterocycles. The first-order valence-corrected chi connectivity index (χ1v) is 11.0. The van der Waals surface area contributed by atoms with E-state index in [4.69, 9.17) is 37.1 Å². The van der Waals surface area contributed by atoms with E-state index in [1.54, 1.807) is 30.3 Å². The lowest BCUT2D eigenvalue weighted by atomic mass is 10.2. The normalized spacial score (nSPS) is 11.3. The van der Waals surface area contributed by atoms with Crippen molar-refractivity contribution < 1.29 is 27.1 Å². The number of carbonyl (C=O) groups excluding carboxylic acids is 1.